The van der Waals surface area contributed by atoms with Gasteiger partial charge in [-0.2, -0.15) is 4.72 Å². The molecule has 134 valence electrons. The van der Waals surface area contributed by atoms with Crippen molar-refractivity contribution in [1.82, 2.24) is 4.72 Å². The summed E-state index contributed by atoms with van der Waals surface area (Å²) in [4.78, 5) is 0. The zero-order valence-corrected chi connectivity index (χ0v) is 14.9. The van der Waals surface area contributed by atoms with Crippen molar-refractivity contribution in [2.24, 2.45) is 0 Å². The van der Waals surface area contributed by atoms with Crippen LogP contribution in [0.1, 0.15) is 40.9 Å². The van der Waals surface area contributed by atoms with Crippen molar-refractivity contribution in [2.45, 2.75) is 56.9 Å². The normalized spacial score (nSPS) is 17.4. The summed E-state index contributed by atoms with van der Waals surface area (Å²) in [7, 11) is -3.92. The second kappa shape index (κ2) is 6.16. The third-order valence-corrected chi connectivity index (χ3v) is 6.28. The van der Waals surface area contributed by atoms with Gasteiger partial charge in [-0.05, 0) is 79.8 Å². The molecule has 1 atom stereocenters. The van der Waals surface area contributed by atoms with Gasteiger partial charge in [-0.3, -0.25) is 0 Å². The molecule has 0 aliphatic heterocycles. The van der Waals surface area contributed by atoms with Crippen LogP contribution in [-0.2, 0) is 35.7 Å². The lowest BCUT2D eigenvalue weighted by molar-refractivity contribution is 0.191. The van der Waals surface area contributed by atoms with Crippen LogP contribution < -0.4 is 10.0 Å². The summed E-state index contributed by atoms with van der Waals surface area (Å²) in [5.41, 5.74) is 5.98. The van der Waals surface area contributed by atoms with Crippen molar-refractivity contribution in [3.05, 3.63) is 46.2 Å². The zero-order valence-electron chi connectivity index (χ0n) is 14.1. The maximum absolute atomic E-state index is 12.3. The largest absolute Gasteiger partial charge is 0.449 e. The molecule has 1 aromatic heterocycles. The average Bonchev–Trinajstić information content (AvgIpc) is 3.25. The predicted octanol–water partition coefficient (Wildman–Crippen LogP) is 2.23. The van der Waals surface area contributed by atoms with E-state index in [1.165, 1.54) is 28.3 Å². The Morgan fingerprint density at radius 2 is 1.72 bits per heavy atom. The minimum Gasteiger partial charge on any atom is -0.449 e. The lowest BCUT2D eigenvalue weighted by Gasteiger charge is -2.21. The minimum absolute atomic E-state index is 0.200. The molecule has 7 heteroatoms. The van der Waals surface area contributed by atoms with Crippen LogP contribution in [0.15, 0.2) is 27.7 Å². The number of aliphatic hydroxyl groups is 1. The molecule has 2 aliphatic rings. The van der Waals surface area contributed by atoms with E-state index in [1.54, 1.807) is 13.0 Å². The van der Waals surface area contributed by atoms with E-state index in [-0.39, 0.29) is 5.09 Å². The molecule has 0 fully saturated rings. The maximum Gasteiger partial charge on any atom is 0.277 e. The van der Waals surface area contributed by atoms with E-state index in [9.17, 15) is 13.5 Å². The van der Waals surface area contributed by atoms with Crippen LogP contribution >= 0.6 is 0 Å². The van der Waals surface area contributed by atoms with Gasteiger partial charge in [-0.15, -0.1) is 0 Å². The number of aliphatic hydroxyl groups excluding tert-OH is 1. The topological polar surface area (TPSA) is 91.6 Å². The molecule has 4 rings (SSSR count). The molecule has 3 N–H and O–H groups in total. The van der Waals surface area contributed by atoms with Gasteiger partial charge in [0.05, 0.1) is 0 Å². The summed E-state index contributed by atoms with van der Waals surface area (Å²) in [5, 5.41) is 13.1. The molecule has 25 heavy (non-hydrogen) atoms. The average molecular weight is 362 g/mol. The third-order valence-electron chi connectivity index (χ3n) is 5.00. The second-order valence-corrected chi connectivity index (χ2v) is 8.41. The number of furan rings is 1. The van der Waals surface area contributed by atoms with Crippen LogP contribution in [0.4, 0.5) is 5.69 Å². The first kappa shape index (κ1) is 16.6. The van der Waals surface area contributed by atoms with E-state index >= 15 is 0 Å². The summed E-state index contributed by atoms with van der Waals surface area (Å²) in [6.45, 7) is 1.67. The van der Waals surface area contributed by atoms with E-state index in [0.717, 1.165) is 44.2 Å². The van der Waals surface area contributed by atoms with Crippen molar-refractivity contribution in [3.8, 4) is 0 Å². The smallest absolute Gasteiger partial charge is 0.277 e. The first-order chi connectivity index (χ1) is 11.9. The van der Waals surface area contributed by atoms with E-state index in [2.05, 4.69) is 16.1 Å². The van der Waals surface area contributed by atoms with Crippen LogP contribution in [0.3, 0.4) is 0 Å². The SMILES string of the molecule is Cc1ccc(S(=O)(=O)NC(O)Nc2c3c(cc4c2CCC4)CCC3)o1. The van der Waals surface area contributed by atoms with Crippen LogP contribution in [0.2, 0.25) is 0 Å². The number of hydrogen-bond donors (Lipinski definition) is 3. The van der Waals surface area contributed by atoms with Gasteiger partial charge in [0.2, 0.25) is 5.09 Å². The first-order valence-electron chi connectivity index (χ1n) is 8.64. The van der Waals surface area contributed by atoms with Gasteiger partial charge in [0, 0.05) is 5.69 Å². The molecule has 1 heterocycles. The Labute approximate surface area is 147 Å². The maximum atomic E-state index is 12.3. The van der Waals surface area contributed by atoms with Gasteiger partial charge in [0.15, 0.2) is 6.35 Å². The van der Waals surface area contributed by atoms with Gasteiger partial charge in [0.1, 0.15) is 5.76 Å². The molecule has 1 unspecified atom stereocenters. The van der Waals surface area contributed by atoms with Gasteiger partial charge in [0.25, 0.3) is 10.0 Å². The Morgan fingerprint density at radius 1 is 1.08 bits per heavy atom. The van der Waals surface area contributed by atoms with E-state index < -0.39 is 16.4 Å². The highest BCUT2D eigenvalue weighted by Crippen LogP contribution is 2.38. The number of benzene rings is 1. The predicted molar refractivity (Wildman–Crippen MR) is 93.9 cm³/mol. The molecule has 6 nitrogen and oxygen atoms in total. The lowest BCUT2D eigenvalue weighted by Crippen LogP contribution is -2.40. The van der Waals surface area contributed by atoms with Gasteiger partial charge in [-0.1, -0.05) is 6.07 Å². The summed E-state index contributed by atoms with van der Waals surface area (Å²) < 4.78 is 32.0. The van der Waals surface area contributed by atoms with Crippen molar-refractivity contribution in [1.29, 1.82) is 0 Å². The van der Waals surface area contributed by atoms with Gasteiger partial charge >= 0.3 is 0 Å². The molecule has 0 saturated heterocycles. The fraction of sp³-hybridized carbons (Fsp3) is 0.444. The highest BCUT2D eigenvalue weighted by molar-refractivity contribution is 7.89. The van der Waals surface area contributed by atoms with Gasteiger partial charge in [-0.25, -0.2) is 8.42 Å². The Hall–Kier alpha value is -1.83. The molecule has 0 amide bonds. The van der Waals surface area contributed by atoms with Crippen LogP contribution in [0.5, 0.6) is 0 Å². The third kappa shape index (κ3) is 3.07. The number of nitrogens with one attached hydrogen (secondary N) is 2. The molecule has 0 spiro atoms. The summed E-state index contributed by atoms with van der Waals surface area (Å²) in [6.07, 6.45) is 4.80. The zero-order chi connectivity index (χ0) is 17.6. The highest BCUT2D eigenvalue weighted by atomic mass is 32.2. The van der Waals surface area contributed by atoms with Crippen molar-refractivity contribution in [2.75, 3.05) is 5.32 Å². The molecule has 0 bridgehead atoms. The minimum atomic E-state index is -3.92. The van der Waals surface area contributed by atoms with E-state index in [4.69, 9.17) is 4.42 Å². The molecule has 0 radical (unpaired) electrons. The fourth-order valence-electron chi connectivity index (χ4n) is 3.92. The highest BCUT2D eigenvalue weighted by Gasteiger charge is 2.27. The summed E-state index contributed by atoms with van der Waals surface area (Å²) in [5.74, 6) is 0.501. The number of anilines is 1. The standard InChI is InChI=1S/C18H22N2O4S/c1-11-8-9-16(24-11)25(22,23)20-18(21)19-17-14-6-2-4-12(14)10-13-5-3-7-15(13)17/h8-10,18-21H,2-7H2,1H3. The summed E-state index contributed by atoms with van der Waals surface area (Å²) in [6, 6.07) is 5.24. The Balaban J connectivity index is 1.59. The Kier molecular flexibility index (Phi) is 4.10. The molecule has 2 aliphatic carbocycles. The van der Waals surface area contributed by atoms with Crippen molar-refractivity contribution >= 4 is 15.7 Å². The quantitative estimate of drug-likeness (QED) is 0.710. The van der Waals surface area contributed by atoms with Crippen molar-refractivity contribution < 1.29 is 17.9 Å². The van der Waals surface area contributed by atoms with E-state index in [0.29, 0.717) is 5.76 Å². The van der Waals surface area contributed by atoms with Gasteiger partial charge < -0.3 is 14.8 Å². The number of rotatable bonds is 5. The first-order valence-corrected chi connectivity index (χ1v) is 10.1. The summed E-state index contributed by atoms with van der Waals surface area (Å²) >= 11 is 0. The fourth-order valence-corrected chi connectivity index (χ4v) is 4.88. The monoisotopic (exact) mass is 362 g/mol. The molecular weight excluding hydrogens is 340 g/mol. The molecule has 2 aromatic rings. The van der Waals surface area contributed by atoms with Crippen LogP contribution in [0, 0.1) is 6.92 Å². The van der Waals surface area contributed by atoms with Crippen LogP contribution in [0.25, 0.3) is 0 Å². The van der Waals surface area contributed by atoms with Crippen molar-refractivity contribution in [3.63, 3.8) is 0 Å². The van der Waals surface area contributed by atoms with Crippen LogP contribution in [-0.4, -0.2) is 19.9 Å². The second-order valence-electron chi connectivity index (χ2n) is 6.77. The molecule has 1 aromatic carbocycles. The Bertz CT molecular complexity index is 885. The van der Waals surface area contributed by atoms with E-state index in [1.807, 2.05) is 0 Å². The number of fused-ring (bicyclic) bond motifs is 2. The molecular formula is C18H22N2O4S. The Morgan fingerprint density at radius 3 is 2.28 bits per heavy atom. The molecule has 0 saturated carbocycles. The number of aryl methyl sites for hydroxylation is 3. The number of hydrogen-bond acceptors (Lipinski definition) is 5. The lowest BCUT2D eigenvalue weighted by atomic mass is 9.99. The number of sulfonamides is 1.